The lowest BCUT2D eigenvalue weighted by Gasteiger charge is -2.35. The molecular weight excluding hydrogens is 422 g/mol. The van der Waals surface area contributed by atoms with Crippen molar-refractivity contribution in [2.24, 2.45) is 5.92 Å². The van der Waals surface area contributed by atoms with Crippen LogP contribution in [0.1, 0.15) is 28.9 Å². The molecule has 4 nitrogen and oxygen atoms in total. The third-order valence-corrected chi connectivity index (χ3v) is 6.07. The highest BCUT2D eigenvalue weighted by atomic mass is 19.4. The van der Waals surface area contributed by atoms with Crippen molar-refractivity contribution >= 4 is 16.8 Å². The second-order valence-corrected chi connectivity index (χ2v) is 8.32. The van der Waals surface area contributed by atoms with Crippen LogP contribution in [-0.4, -0.2) is 53.2 Å². The van der Waals surface area contributed by atoms with E-state index in [1.807, 2.05) is 6.07 Å². The summed E-state index contributed by atoms with van der Waals surface area (Å²) in [6.07, 6.45) is -2.90. The lowest BCUT2D eigenvalue weighted by Crippen LogP contribution is -2.47. The number of likely N-dealkylation sites (tertiary alicyclic amines) is 1. The van der Waals surface area contributed by atoms with E-state index in [0.717, 1.165) is 12.1 Å². The minimum absolute atomic E-state index is 0.0325. The van der Waals surface area contributed by atoms with Crippen LogP contribution in [0.15, 0.2) is 54.6 Å². The molecule has 0 atom stereocenters. The van der Waals surface area contributed by atoms with Gasteiger partial charge in [0.15, 0.2) is 0 Å². The van der Waals surface area contributed by atoms with Crippen LogP contribution in [0.5, 0.6) is 0 Å². The molecule has 1 aromatic heterocycles. The van der Waals surface area contributed by atoms with Crippen LogP contribution in [0.25, 0.3) is 10.9 Å². The summed E-state index contributed by atoms with van der Waals surface area (Å²) < 4.78 is 54.5. The first kappa shape index (κ1) is 22.3. The van der Waals surface area contributed by atoms with E-state index in [0.29, 0.717) is 43.3 Å². The maximum absolute atomic E-state index is 13.7. The Labute approximate surface area is 183 Å². The number of halogens is 4. The zero-order valence-corrected chi connectivity index (χ0v) is 17.5. The van der Waals surface area contributed by atoms with Gasteiger partial charge in [-0.15, -0.1) is 13.2 Å². The molecule has 8 heteroatoms. The van der Waals surface area contributed by atoms with E-state index in [1.54, 1.807) is 30.3 Å². The van der Waals surface area contributed by atoms with Gasteiger partial charge >= 0.3 is 6.30 Å². The van der Waals surface area contributed by atoms with Crippen molar-refractivity contribution in [2.45, 2.75) is 25.6 Å². The number of H-pyrrole nitrogens is 1. The molecule has 2 aromatic carbocycles. The van der Waals surface area contributed by atoms with E-state index < -0.39 is 12.2 Å². The van der Waals surface area contributed by atoms with E-state index in [-0.39, 0.29) is 28.9 Å². The number of piperidine rings is 1. The van der Waals surface area contributed by atoms with E-state index in [1.165, 1.54) is 18.2 Å². The first-order valence-electron chi connectivity index (χ1n) is 10.7. The van der Waals surface area contributed by atoms with Crippen LogP contribution in [0.4, 0.5) is 17.6 Å². The monoisotopic (exact) mass is 447 g/mol. The van der Waals surface area contributed by atoms with Crippen LogP contribution >= 0.6 is 0 Å². The number of aromatic nitrogens is 1. The van der Waals surface area contributed by atoms with Gasteiger partial charge in [-0.1, -0.05) is 30.3 Å². The molecule has 2 heterocycles. The molecule has 1 saturated heterocycles. The van der Waals surface area contributed by atoms with Crippen molar-refractivity contribution in [2.75, 3.05) is 26.2 Å². The summed E-state index contributed by atoms with van der Waals surface area (Å²) in [5, 5.41) is 0.699. The molecule has 0 unspecified atom stereocenters. The number of fused-ring (bicyclic) bond motifs is 1. The Hall–Kier alpha value is -2.87. The van der Waals surface area contributed by atoms with Crippen molar-refractivity contribution in [1.29, 1.82) is 0 Å². The van der Waals surface area contributed by atoms with Gasteiger partial charge in [-0.25, -0.2) is 9.29 Å². The smallest absolute Gasteiger partial charge is 0.351 e. The number of alkyl halides is 3. The van der Waals surface area contributed by atoms with E-state index >= 15 is 0 Å². The number of para-hydroxylation sites is 1. The average Bonchev–Trinajstić information content (AvgIpc) is 3.20. The Morgan fingerprint density at radius 3 is 2.50 bits per heavy atom. The predicted octanol–water partition coefficient (Wildman–Crippen LogP) is 5.22. The SMILES string of the molecule is O=C(c1cc2ccccc2[nH]1)N(CC1CCN(CCc2cccc(F)c2)CC1)C(F)(F)F. The number of aromatic amines is 1. The fourth-order valence-corrected chi connectivity index (χ4v) is 4.27. The van der Waals surface area contributed by atoms with Gasteiger partial charge in [0.1, 0.15) is 11.5 Å². The second-order valence-electron chi connectivity index (χ2n) is 8.32. The number of benzene rings is 2. The van der Waals surface area contributed by atoms with Crippen molar-refractivity contribution in [3.63, 3.8) is 0 Å². The van der Waals surface area contributed by atoms with Crippen molar-refractivity contribution < 1.29 is 22.4 Å². The normalized spacial score (nSPS) is 15.9. The first-order valence-corrected chi connectivity index (χ1v) is 10.7. The summed E-state index contributed by atoms with van der Waals surface area (Å²) in [5.41, 5.74) is 1.47. The summed E-state index contributed by atoms with van der Waals surface area (Å²) in [6.45, 7) is 1.70. The van der Waals surface area contributed by atoms with Gasteiger partial charge < -0.3 is 9.88 Å². The topological polar surface area (TPSA) is 39.3 Å². The van der Waals surface area contributed by atoms with Gasteiger partial charge in [0, 0.05) is 24.0 Å². The summed E-state index contributed by atoms with van der Waals surface area (Å²) >= 11 is 0. The molecule has 170 valence electrons. The fraction of sp³-hybridized carbons (Fsp3) is 0.375. The average molecular weight is 447 g/mol. The number of carbonyl (C=O) groups excluding carboxylic acids is 1. The van der Waals surface area contributed by atoms with Crippen LogP contribution in [0.2, 0.25) is 0 Å². The Kier molecular flexibility index (Phi) is 6.50. The van der Waals surface area contributed by atoms with Gasteiger partial charge in [-0.3, -0.25) is 4.79 Å². The molecule has 1 aliphatic rings. The van der Waals surface area contributed by atoms with Crippen molar-refractivity contribution in [3.8, 4) is 0 Å². The molecular formula is C24H25F4N3O. The van der Waals surface area contributed by atoms with E-state index in [2.05, 4.69) is 9.88 Å². The fourth-order valence-electron chi connectivity index (χ4n) is 4.27. The Balaban J connectivity index is 1.35. The lowest BCUT2D eigenvalue weighted by molar-refractivity contribution is -0.228. The number of rotatable bonds is 6. The molecule has 0 spiro atoms. The van der Waals surface area contributed by atoms with Gasteiger partial charge in [0.05, 0.1) is 0 Å². The second kappa shape index (κ2) is 9.32. The van der Waals surface area contributed by atoms with Crippen molar-refractivity contribution in [3.05, 3.63) is 71.7 Å². The van der Waals surface area contributed by atoms with Crippen LogP contribution in [0.3, 0.4) is 0 Å². The summed E-state index contributed by atoms with van der Waals surface area (Å²) in [4.78, 5) is 17.7. The number of hydrogen-bond donors (Lipinski definition) is 1. The largest absolute Gasteiger partial charge is 0.487 e. The van der Waals surface area contributed by atoms with Gasteiger partial charge in [0.2, 0.25) is 0 Å². The number of nitrogens with one attached hydrogen (secondary N) is 1. The van der Waals surface area contributed by atoms with E-state index in [4.69, 9.17) is 0 Å². The molecule has 3 aromatic rings. The highest BCUT2D eigenvalue weighted by molar-refractivity contribution is 5.98. The summed E-state index contributed by atoms with van der Waals surface area (Å²) in [7, 11) is 0. The van der Waals surface area contributed by atoms with Gasteiger partial charge in [-0.2, -0.15) is 0 Å². The molecule has 1 amide bonds. The molecule has 1 fully saturated rings. The maximum atomic E-state index is 13.7. The first-order chi connectivity index (χ1) is 15.3. The molecule has 4 rings (SSSR count). The molecule has 1 aliphatic heterocycles. The van der Waals surface area contributed by atoms with Crippen LogP contribution in [0, 0.1) is 11.7 Å². The number of amides is 1. The highest BCUT2D eigenvalue weighted by Gasteiger charge is 2.43. The van der Waals surface area contributed by atoms with Crippen LogP contribution in [-0.2, 0) is 6.42 Å². The minimum atomic E-state index is -4.75. The third kappa shape index (κ3) is 5.30. The summed E-state index contributed by atoms with van der Waals surface area (Å²) in [6, 6.07) is 14.9. The number of carbonyl (C=O) groups is 1. The Morgan fingerprint density at radius 1 is 1.06 bits per heavy atom. The molecule has 0 bridgehead atoms. The summed E-state index contributed by atoms with van der Waals surface area (Å²) in [5.74, 6) is -1.55. The standard InChI is InChI=1S/C24H25F4N3O/c25-20-6-3-4-17(14-20)8-11-30-12-9-18(10-13-30)16-31(24(26,27)28)23(32)22-15-19-5-1-2-7-21(19)29-22/h1-7,14-15,18,29H,8-13,16H2. The zero-order valence-electron chi connectivity index (χ0n) is 17.5. The number of hydrogen-bond acceptors (Lipinski definition) is 2. The number of nitrogens with zero attached hydrogens (tertiary/aromatic N) is 2. The minimum Gasteiger partial charge on any atom is -0.351 e. The quantitative estimate of drug-likeness (QED) is 0.416. The Morgan fingerprint density at radius 2 is 1.81 bits per heavy atom. The predicted molar refractivity (Wildman–Crippen MR) is 115 cm³/mol. The molecule has 0 radical (unpaired) electrons. The van der Waals surface area contributed by atoms with Crippen molar-refractivity contribution in [1.82, 2.24) is 14.8 Å². The zero-order chi connectivity index (χ0) is 22.7. The molecule has 0 saturated carbocycles. The highest BCUT2D eigenvalue weighted by Crippen LogP contribution is 2.29. The maximum Gasteiger partial charge on any atom is 0.487 e. The molecule has 1 N–H and O–H groups in total. The Bertz CT molecular complexity index is 1040. The molecule has 32 heavy (non-hydrogen) atoms. The molecule has 0 aliphatic carbocycles. The van der Waals surface area contributed by atoms with Crippen LogP contribution < -0.4 is 0 Å². The third-order valence-electron chi connectivity index (χ3n) is 6.07. The lowest BCUT2D eigenvalue weighted by atomic mass is 9.95. The van der Waals surface area contributed by atoms with E-state index in [9.17, 15) is 22.4 Å². The van der Waals surface area contributed by atoms with Gasteiger partial charge in [-0.05, 0) is 68.1 Å². The van der Waals surface area contributed by atoms with Gasteiger partial charge in [0.25, 0.3) is 5.91 Å².